The van der Waals surface area contributed by atoms with Gasteiger partial charge in [-0.25, -0.2) is 4.79 Å². The van der Waals surface area contributed by atoms with Crippen molar-refractivity contribution in [2.45, 2.75) is 70.8 Å². The predicted octanol–water partition coefficient (Wildman–Crippen LogP) is 4.57. The molecule has 1 fully saturated rings. The van der Waals surface area contributed by atoms with E-state index in [0.717, 1.165) is 49.8 Å². The zero-order chi connectivity index (χ0) is 25.1. The summed E-state index contributed by atoms with van der Waals surface area (Å²) in [4.78, 5) is 40.0. The largest absolute Gasteiger partial charge is 0.497 e. The molecule has 188 valence electrons. The van der Waals surface area contributed by atoms with Crippen LogP contribution in [0.25, 0.3) is 0 Å². The lowest BCUT2D eigenvalue weighted by atomic mass is 9.69. The van der Waals surface area contributed by atoms with E-state index in [9.17, 15) is 14.4 Å². The maximum Gasteiger partial charge on any atom is 0.337 e. The minimum Gasteiger partial charge on any atom is -0.497 e. The molecule has 3 atom stereocenters. The number of carbonyl (C=O) groups is 3. The molecule has 1 saturated carbocycles. The van der Waals surface area contributed by atoms with Crippen LogP contribution in [0, 0.1) is 11.8 Å². The predicted molar refractivity (Wildman–Crippen MR) is 130 cm³/mol. The van der Waals surface area contributed by atoms with Gasteiger partial charge in [0.15, 0.2) is 5.78 Å². The molecule has 0 saturated heterocycles. The molecule has 0 aromatic heterocycles. The molecule has 0 unspecified atom stereocenters. The van der Waals surface area contributed by atoms with E-state index in [2.05, 4.69) is 5.32 Å². The zero-order valence-electron chi connectivity index (χ0n) is 21.0. The van der Waals surface area contributed by atoms with Gasteiger partial charge in [0.2, 0.25) is 0 Å². The highest BCUT2D eigenvalue weighted by Crippen LogP contribution is 2.46. The summed E-state index contributed by atoms with van der Waals surface area (Å²) < 4.78 is 16.3. The van der Waals surface area contributed by atoms with Crippen molar-refractivity contribution in [1.29, 1.82) is 0 Å². The highest BCUT2D eigenvalue weighted by molar-refractivity contribution is 6.12. The van der Waals surface area contributed by atoms with Crippen molar-refractivity contribution in [3.05, 3.63) is 52.4 Å². The standard InChI is InChI=1S/C28H35NO6/c1-16-15-21-25(26(30)22(16)27(31)34-4)24(18-11-13-19(33-3)14-12-18)23(17(2)29-21)28(32)35-20-9-7-5-6-8-10-20/h11-14,16,20,22,24,29H,5-10,15H2,1-4H3/t16-,22+,24+/m0/s1. The molecule has 1 aromatic carbocycles. The van der Waals surface area contributed by atoms with Crippen molar-refractivity contribution in [3.63, 3.8) is 0 Å². The Morgan fingerprint density at radius 1 is 1.00 bits per heavy atom. The molecule has 3 aliphatic rings. The minimum atomic E-state index is -0.904. The monoisotopic (exact) mass is 481 g/mol. The Balaban J connectivity index is 1.76. The maximum atomic E-state index is 13.8. The third kappa shape index (κ3) is 5.00. The highest BCUT2D eigenvalue weighted by Gasteiger charge is 2.47. The molecule has 1 N–H and O–H groups in total. The first-order valence-corrected chi connectivity index (χ1v) is 12.5. The second-order valence-corrected chi connectivity index (χ2v) is 9.83. The van der Waals surface area contributed by atoms with Crippen LogP contribution in [0.3, 0.4) is 0 Å². The second-order valence-electron chi connectivity index (χ2n) is 9.83. The smallest absolute Gasteiger partial charge is 0.337 e. The van der Waals surface area contributed by atoms with Gasteiger partial charge in [-0.2, -0.15) is 0 Å². The number of hydrogen-bond donors (Lipinski definition) is 1. The number of rotatable bonds is 5. The lowest BCUT2D eigenvalue weighted by molar-refractivity contribution is -0.151. The van der Waals surface area contributed by atoms with Gasteiger partial charge < -0.3 is 19.5 Å². The Kier molecular flexibility index (Phi) is 7.63. The van der Waals surface area contributed by atoms with Crippen molar-refractivity contribution in [2.75, 3.05) is 14.2 Å². The van der Waals surface area contributed by atoms with E-state index in [1.807, 2.05) is 38.1 Å². The molecule has 0 amide bonds. The zero-order valence-corrected chi connectivity index (χ0v) is 21.0. The molecule has 2 aliphatic carbocycles. The number of hydrogen-bond acceptors (Lipinski definition) is 7. The molecule has 0 spiro atoms. The molecule has 0 bridgehead atoms. The fraction of sp³-hybridized carbons (Fsp3) is 0.536. The lowest BCUT2D eigenvalue weighted by Gasteiger charge is -2.38. The van der Waals surface area contributed by atoms with Gasteiger partial charge in [-0.1, -0.05) is 31.9 Å². The van der Waals surface area contributed by atoms with Crippen LogP contribution in [0.15, 0.2) is 46.8 Å². The summed E-state index contributed by atoms with van der Waals surface area (Å²) in [5.74, 6) is -2.33. The average Bonchev–Trinajstić information content (AvgIpc) is 3.11. The highest BCUT2D eigenvalue weighted by atomic mass is 16.5. The van der Waals surface area contributed by atoms with Crippen molar-refractivity contribution in [3.8, 4) is 5.75 Å². The van der Waals surface area contributed by atoms with Gasteiger partial charge in [0.05, 0.1) is 19.8 Å². The van der Waals surface area contributed by atoms with Crippen LogP contribution in [0.4, 0.5) is 0 Å². The van der Waals surface area contributed by atoms with Crippen molar-refractivity contribution < 1.29 is 28.6 Å². The van der Waals surface area contributed by atoms with Crippen molar-refractivity contribution in [2.24, 2.45) is 11.8 Å². The number of carbonyl (C=O) groups excluding carboxylic acids is 3. The van der Waals surface area contributed by atoms with Crippen LogP contribution < -0.4 is 10.1 Å². The third-order valence-electron chi connectivity index (χ3n) is 7.49. The molecule has 1 aromatic rings. The summed E-state index contributed by atoms with van der Waals surface area (Å²) in [6, 6.07) is 7.36. The summed E-state index contributed by atoms with van der Waals surface area (Å²) in [6.07, 6.45) is 6.50. The molecular weight excluding hydrogens is 446 g/mol. The van der Waals surface area contributed by atoms with Gasteiger partial charge in [-0.3, -0.25) is 9.59 Å². The number of methoxy groups -OCH3 is 2. The first kappa shape index (κ1) is 25.0. The normalized spacial score (nSPS) is 25.4. The number of dihydropyridines is 1. The molecule has 7 heteroatoms. The van der Waals surface area contributed by atoms with E-state index in [0.29, 0.717) is 29.0 Å². The molecule has 35 heavy (non-hydrogen) atoms. The average molecular weight is 482 g/mol. The SMILES string of the molecule is COC(=O)[C@H]1C(=O)C2=C(C[C@@H]1C)NC(C)=C(C(=O)OC1CCCCCC1)[C@H]2c1ccc(OC)cc1. The maximum absolute atomic E-state index is 13.8. The Bertz CT molecular complexity index is 1050. The van der Waals surface area contributed by atoms with Crippen molar-refractivity contribution >= 4 is 17.7 Å². The number of Topliss-reactive ketones (excluding diaryl/α,β-unsaturated/α-hetero) is 1. The number of benzene rings is 1. The topological polar surface area (TPSA) is 90.9 Å². The van der Waals surface area contributed by atoms with Crippen LogP contribution in [-0.4, -0.2) is 38.0 Å². The van der Waals surface area contributed by atoms with E-state index in [1.165, 1.54) is 7.11 Å². The van der Waals surface area contributed by atoms with Crippen LogP contribution in [0.5, 0.6) is 5.75 Å². The Morgan fingerprint density at radius 3 is 2.26 bits per heavy atom. The molecule has 0 radical (unpaired) electrons. The van der Waals surface area contributed by atoms with E-state index in [4.69, 9.17) is 14.2 Å². The summed E-state index contributed by atoms with van der Waals surface area (Å²) in [5.41, 5.74) is 3.08. The Morgan fingerprint density at radius 2 is 1.66 bits per heavy atom. The Hall–Kier alpha value is -3.09. The number of ketones is 1. The van der Waals surface area contributed by atoms with Crippen LogP contribution >= 0.6 is 0 Å². The molecule has 7 nitrogen and oxygen atoms in total. The van der Waals surface area contributed by atoms with Gasteiger partial charge in [-0.15, -0.1) is 0 Å². The van der Waals surface area contributed by atoms with Gasteiger partial charge >= 0.3 is 11.9 Å². The number of allylic oxidation sites excluding steroid dienone is 3. The van der Waals surface area contributed by atoms with Gasteiger partial charge in [0, 0.05) is 22.9 Å². The molecular formula is C28H35NO6. The summed E-state index contributed by atoms with van der Waals surface area (Å²) >= 11 is 0. The minimum absolute atomic E-state index is 0.123. The summed E-state index contributed by atoms with van der Waals surface area (Å²) in [6.45, 7) is 3.73. The first-order valence-electron chi connectivity index (χ1n) is 12.5. The summed E-state index contributed by atoms with van der Waals surface area (Å²) in [5, 5.41) is 3.32. The number of ether oxygens (including phenoxy) is 3. The van der Waals surface area contributed by atoms with Crippen LogP contribution in [-0.2, 0) is 23.9 Å². The number of nitrogens with one attached hydrogen (secondary N) is 1. The summed E-state index contributed by atoms with van der Waals surface area (Å²) in [7, 11) is 2.89. The van der Waals surface area contributed by atoms with E-state index >= 15 is 0 Å². The van der Waals surface area contributed by atoms with Gasteiger partial charge in [0.25, 0.3) is 0 Å². The van der Waals surface area contributed by atoms with E-state index < -0.39 is 23.8 Å². The fourth-order valence-corrected chi connectivity index (χ4v) is 5.66. The third-order valence-corrected chi connectivity index (χ3v) is 7.49. The van der Waals surface area contributed by atoms with Crippen molar-refractivity contribution in [1.82, 2.24) is 5.32 Å². The molecule has 1 aliphatic heterocycles. The quantitative estimate of drug-likeness (QED) is 0.374. The molecule has 4 rings (SSSR count). The second kappa shape index (κ2) is 10.7. The van der Waals surface area contributed by atoms with Crippen LogP contribution in [0.1, 0.15) is 70.3 Å². The van der Waals surface area contributed by atoms with Crippen LogP contribution in [0.2, 0.25) is 0 Å². The van der Waals surface area contributed by atoms with E-state index in [1.54, 1.807) is 7.11 Å². The first-order chi connectivity index (χ1) is 16.8. The van der Waals surface area contributed by atoms with Gasteiger partial charge in [-0.05, 0) is 62.6 Å². The van der Waals surface area contributed by atoms with E-state index in [-0.39, 0.29) is 17.8 Å². The molecule has 1 heterocycles. The fourth-order valence-electron chi connectivity index (χ4n) is 5.66. The lowest BCUT2D eigenvalue weighted by Crippen LogP contribution is -2.43. The van der Waals surface area contributed by atoms with Gasteiger partial charge in [0.1, 0.15) is 17.8 Å². The Labute approximate surface area is 206 Å². The number of esters is 2.